The van der Waals surface area contributed by atoms with E-state index in [0.29, 0.717) is 11.2 Å². The molecule has 0 bridgehead atoms. The Balaban J connectivity index is 1.31. The van der Waals surface area contributed by atoms with Crippen LogP contribution < -0.4 is 4.74 Å². The van der Waals surface area contributed by atoms with E-state index in [2.05, 4.69) is 15.0 Å². The summed E-state index contributed by atoms with van der Waals surface area (Å²) in [4.78, 5) is 52.4. The first-order chi connectivity index (χ1) is 23.0. The molecular weight excluding hydrogens is 604 g/mol. The van der Waals surface area contributed by atoms with Gasteiger partial charge in [-0.25, -0.2) is 9.97 Å². The van der Waals surface area contributed by atoms with Crippen LogP contribution in [0.3, 0.4) is 0 Å². The van der Waals surface area contributed by atoms with Crippen LogP contribution in [0.25, 0.3) is 11.2 Å². The highest BCUT2D eigenvalue weighted by Crippen LogP contribution is 2.37. The summed E-state index contributed by atoms with van der Waals surface area (Å²) in [6, 6.07) is 27.4. The molecule has 0 radical (unpaired) electrons. The van der Waals surface area contributed by atoms with E-state index >= 15 is 0 Å². The second kappa shape index (κ2) is 14.6. The lowest BCUT2D eigenvalue weighted by Crippen LogP contribution is -2.41. The third-order valence-corrected chi connectivity index (χ3v) is 7.60. The molecule has 2 aromatic heterocycles. The number of benzene rings is 3. The molecule has 1 aliphatic heterocycles. The summed E-state index contributed by atoms with van der Waals surface area (Å²) < 4.78 is 31.0. The Bertz CT molecular complexity index is 1820. The van der Waals surface area contributed by atoms with Crippen LogP contribution in [0.5, 0.6) is 5.88 Å². The highest BCUT2D eigenvalue weighted by molar-refractivity contribution is 5.77. The number of methoxy groups -OCH3 is 1. The molecule has 1 aliphatic rings. The first-order valence-electron chi connectivity index (χ1n) is 15.0. The van der Waals surface area contributed by atoms with Gasteiger partial charge in [0.1, 0.15) is 19.0 Å². The number of carbonyl (C=O) groups is 3. The van der Waals surface area contributed by atoms with E-state index in [0.717, 1.165) is 16.7 Å². The minimum absolute atomic E-state index is 0.0355. The normalized spacial score (nSPS) is 18.8. The number of nitrogens with zero attached hydrogens (tertiary/aromatic N) is 4. The molecular formula is C35H32N4O8. The maximum atomic E-state index is 13.4. The second-order valence-corrected chi connectivity index (χ2v) is 10.9. The molecule has 3 aromatic carbocycles. The van der Waals surface area contributed by atoms with Gasteiger partial charge < -0.3 is 23.7 Å². The van der Waals surface area contributed by atoms with Crippen molar-refractivity contribution in [1.29, 1.82) is 0 Å². The van der Waals surface area contributed by atoms with Crippen molar-refractivity contribution in [3.8, 4) is 5.88 Å². The zero-order valence-electron chi connectivity index (χ0n) is 25.5. The first-order valence-corrected chi connectivity index (χ1v) is 15.0. The van der Waals surface area contributed by atoms with Crippen LogP contribution in [0, 0.1) is 0 Å². The van der Waals surface area contributed by atoms with Gasteiger partial charge in [0.05, 0.1) is 32.7 Å². The second-order valence-electron chi connectivity index (χ2n) is 10.9. The molecule has 12 nitrogen and oxygen atoms in total. The smallest absolute Gasteiger partial charge is 0.310 e. The third kappa shape index (κ3) is 7.61. The van der Waals surface area contributed by atoms with E-state index in [9.17, 15) is 14.4 Å². The molecule has 5 aromatic rings. The van der Waals surface area contributed by atoms with E-state index in [1.807, 2.05) is 78.9 Å². The van der Waals surface area contributed by atoms with Crippen molar-refractivity contribution in [2.24, 2.45) is 0 Å². The molecule has 0 amide bonds. The third-order valence-electron chi connectivity index (χ3n) is 7.60. The number of ether oxygens (including phenoxy) is 5. The maximum Gasteiger partial charge on any atom is 0.310 e. The van der Waals surface area contributed by atoms with Gasteiger partial charge in [-0.15, -0.1) is 0 Å². The van der Waals surface area contributed by atoms with Gasteiger partial charge in [-0.2, -0.15) is 4.98 Å². The molecule has 47 heavy (non-hydrogen) atoms. The average Bonchev–Trinajstić information content (AvgIpc) is 3.66. The van der Waals surface area contributed by atoms with Gasteiger partial charge in [0, 0.05) is 0 Å². The van der Waals surface area contributed by atoms with E-state index < -0.39 is 42.4 Å². The summed E-state index contributed by atoms with van der Waals surface area (Å²) in [5.74, 6) is -1.41. The van der Waals surface area contributed by atoms with Crippen LogP contribution in [0.15, 0.2) is 104 Å². The van der Waals surface area contributed by atoms with E-state index in [-0.39, 0.29) is 31.7 Å². The molecule has 12 heteroatoms. The zero-order valence-corrected chi connectivity index (χ0v) is 25.5. The van der Waals surface area contributed by atoms with Gasteiger partial charge in [-0.05, 0) is 16.7 Å². The summed E-state index contributed by atoms with van der Waals surface area (Å²) in [7, 11) is 1.46. The molecule has 3 heterocycles. The van der Waals surface area contributed by atoms with Crippen molar-refractivity contribution >= 4 is 29.1 Å². The molecule has 0 saturated carbocycles. The van der Waals surface area contributed by atoms with Gasteiger partial charge in [0.25, 0.3) is 0 Å². The Kier molecular flexibility index (Phi) is 9.78. The van der Waals surface area contributed by atoms with E-state index in [1.165, 1.54) is 19.8 Å². The summed E-state index contributed by atoms with van der Waals surface area (Å²) in [5, 5.41) is 0. The SMILES string of the molecule is COc1ncnc2c1ncn2[C@@H]1O[C@H](COC(=O)Cc2ccccc2)[C@@H](OC(=O)Cc2ccccc2)[C@@H]1OC(=O)Cc1ccccc1. The lowest BCUT2D eigenvalue weighted by Gasteiger charge is -2.25. The number of esters is 3. The largest absolute Gasteiger partial charge is 0.479 e. The van der Waals surface area contributed by atoms with E-state index in [4.69, 9.17) is 23.7 Å². The molecule has 6 rings (SSSR count). The van der Waals surface area contributed by atoms with Crippen molar-refractivity contribution in [2.45, 2.75) is 43.8 Å². The minimum Gasteiger partial charge on any atom is -0.479 e. The van der Waals surface area contributed by atoms with Crippen LogP contribution in [0.4, 0.5) is 0 Å². The van der Waals surface area contributed by atoms with Crippen LogP contribution in [0.2, 0.25) is 0 Å². The molecule has 0 spiro atoms. The standard InChI is InChI=1S/C35H32N4O8/c1-43-34-30-33(36-21-37-34)39(22-38-30)35-32(47-29(42)19-25-15-9-4-10-16-25)31(46-28(41)18-24-13-7-3-8-14-24)26(45-35)20-44-27(40)17-23-11-5-2-6-12-23/h2-16,21-22,26,31-32,35H,17-20H2,1H3/t26-,31-,32+,35-/m1/s1. The van der Waals surface area contributed by atoms with Crippen molar-refractivity contribution in [2.75, 3.05) is 13.7 Å². The lowest BCUT2D eigenvalue weighted by atomic mass is 10.1. The van der Waals surface area contributed by atoms with Gasteiger partial charge >= 0.3 is 17.9 Å². The number of imidazole rings is 1. The number of carbonyl (C=O) groups excluding carboxylic acids is 3. The Morgan fingerprint density at radius 2 is 1.23 bits per heavy atom. The Morgan fingerprint density at radius 3 is 1.79 bits per heavy atom. The molecule has 4 atom stereocenters. The van der Waals surface area contributed by atoms with Gasteiger partial charge in [-0.1, -0.05) is 91.0 Å². The van der Waals surface area contributed by atoms with Gasteiger partial charge in [-0.3, -0.25) is 19.0 Å². The fraction of sp³-hybridized carbons (Fsp3) is 0.257. The molecule has 0 aliphatic carbocycles. The molecule has 0 unspecified atom stereocenters. The Hall–Kier alpha value is -5.62. The quantitative estimate of drug-likeness (QED) is 0.146. The van der Waals surface area contributed by atoms with Crippen molar-refractivity contribution in [3.05, 3.63) is 120 Å². The maximum absolute atomic E-state index is 13.4. The van der Waals surface area contributed by atoms with Crippen molar-refractivity contribution in [3.63, 3.8) is 0 Å². The molecule has 0 N–H and O–H groups in total. The Morgan fingerprint density at radius 1 is 0.702 bits per heavy atom. The summed E-state index contributed by atoms with van der Waals surface area (Å²) >= 11 is 0. The van der Waals surface area contributed by atoms with Crippen molar-refractivity contribution in [1.82, 2.24) is 19.5 Å². The predicted octanol–water partition coefficient (Wildman–Crippen LogP) is 3.83. The number of rotatable bonds is 12. The molecule has 1 saturated heterocycles. The average molecular weight is 637 g/mol. The predicted molar refractivity (Wildman–Crippen MR) is 167 cm³/mol. The zero-order chi connectivity index (χ0) is 32.6. The molecule has 1 fully saturated rings. The van der Waals surface area contributed by atoms with E-state index in [1.54, 1.807) is 16.7 Å². The van der Waals surface area contributed by atoms with Crippen LogP contribution in [-0.2, 0) is 52.6 Å². The minimum atomic E-state index is -1.16. The molecule has 240 valence electrons. The Labute approximate surface area is 270 Å². The van der Waals surface area contributed by atoms with Gasteiger partial charge in [0.15, 0.2) is 29.6 Å². The highest BCUT2D eigenvalue weighted by Gasteiger charge is 2.51. The number of hydrogen-bond acceptors (Lipinski definition) is 11. The van der Waals surface area contributed by atoms with Crippen molar-refractivity contribution < 1.29 is 38.1 Å². The van der Waals surface area contributed by atoms with Crippen LogP contribution in [0.1, 0.15) is 22.9 Å². The lowest BCUT2D eigenvalue weighted by molar-refractivity contribution is -0.168. The number of aromatic nitrogens is 4. The summed E-state index contributed by atoms with van der Waals surface area (Å²) in [5.41, 5.74) is 2.94. The van der Waals surface area contributed by atoms with Crippen LogP contribution in [-0.4, -0.2) is 69.5 Å². The van der Waals surface area contributed by atoms with Gasteiger partial charge in [0.2, 0.25) is 5.88 Å². The number of fused-ring (bicyclic) bond motifs is 1. The fourth-order valence-corrected chi connectivity index (χ4v) is 5.40. The summed E-state index contributed by atoms with van der Waals surface area (Å²) in [6.07, 6.45) is -1.65. The van der Waals surface area contributed by atoms with Crippen LogP contribution >= 0.6 is 0 Å². The topological polar surface area (TPSA) is 141 Å². The summed E-state index contributed by atoms with van der Waals surface area (Å²) in [6.45, 7) is -0.275. The first kappa shape index (κ1) is 31.4. The fourth-order valence-electron chi connectivity index (χ4n) is 5.40. The number of hydrogen-bond donors (Lipinski definition) is 0. The monoisotopic (exact) mass is 636 g/mol. The highest BCUT2D eigenvalue weighted by atomic mass is 16.7.